The molecule has 0 amide bonds. The van der Waals surface area contributed by atoms with Crippen molar-refractivity contribution in [3.8, 4) is 11.8 Å². The number of aromatic nitrogens is 2. The van der Waals surface area contributed by atoms with E-state index >= 15 is 0 Å². The molecule has 5 nitrogen and oxygen atoms in total. The first-order chi connectivity index (χ1) is 6.33. The van der Waals surface area contributed by atoms with Crippen molar-refractivity contribution in [1.29, 1.82) is 0 Å². The summed E-state index contributed by atoms with van der Waals surface area (Å²) in [6.07, 6.45) is 3.22. The van der Waals surface area contributed by atoms with Gasteiger partial charge in [0.15, 0.2) is 0 Å². The van der Waals surface area contributed by atoms with Crippen molar-refractivity contribution >= 4 is 0 Å². The summed E-state index contributed by atoms with van der Waals surface area (Å²) in [5, 5.41) is 3.27. The summed E-state index contributed by atoms with van der Waals surface area (Å²) < 4.78 is 0. The molecule has 13 heavy (non-hydrogen) atoms. The summed E-state index contributed by atoms with van der Waals surface area (Å²) in [6, 6.07) is 0. The van der Waals surface area contributed by atoms with Crippen molar-refractivity contribution < 1.29 is 0 Å². The lowest BCUT2D eigenvalue weighted by Crippen LogP contribution is -1.87. The summed E-state index contributed by atoms with van der Waals surface area (Å²) in [7, 11) is 0. The third-order valence-corrected chi connectivity index (χ3v) is 1.18. The molecule has 0 atom stereocenters. The van der Waals surface area contributed by atoms with Gasteiger partial charge in [-0.25, -0.2) is 4.98 Å². The Balaban J connectivity index is 2.71. The summed E-state index contributed by atoms with van der Waals surface area (Å²) in [5.41, 5.74) is 9.38. The minimum Gasteiger partial charge on any atom is -0.260 e. The van der Waals surface area contributed by atoms with Gasteiger partial charge in [-0.2, -0.15) is 0 Å². The molecule has 0 aromatic carbocycles. The number of rotatable bonds is 1. The first-order valence-corrected chi connectivity index (χ1v) is 3.61. The van der Waals surface area contributed by atoms with E-state index in [9.17, 15) is 0 Å². The minimum atomic E-state index is 0.159. The van der Waals surface area contributed by atoms with E-state index < -0.39 is 0 Å². The second kappa shape index (κ2) is 4.75. The molecule has 0 aliphatic carbocycles. The number of azide groups is 1. The molecule has 0 saturated heterocycles. The Morgan fingerprint density at radius 1 is 1.62 bits per heavy atom. The Morgan fingerprint density at radius 2 is 2.46 bits per heavy atom. The molecule has 0 unspecified atom stereocenters. The van der Waals surface area contributed by atoms with Gasteiger partial charge in [-0.15, -0.1) is 0 Å². The smallest absolute Gasteiger partial charge is 0.131 e. The SMILES string of the molecule is Cc1cncc(C#CCN=[N+]=[N-])n1. The Bertz CT molecular complexity index is 394. The van der Waals surface area contributed by atoms with Crippen LogP contribution in [0.5, 0.6) is 0 Å². The van der Waals surface area contributed by atoms with Crippen molar-refractivity contribution in [1.82, 2.24) is 9.97 Å². The Hall–Kier alpha value is -2.05. The number of hydrogen-bond acceptors (Lipinski definition) is 3. The largest absolute Gasteiger partial charge is 0.260 e. The third-order valence-electron chi connectivity index (χ3n) is 1.18. The molecular formula is C8H7N5. The highest BCUT2D eigenvalue weighted by Gasteiger charge is 1.88. The van der Waals surface area contributed by atoms with Crippen molar-refractivity contribution in [2.75, 3.05) is 6.54 Å². The van der Waals surface area contributed by atoms with Gasteiger partial charge in [0.25, 0.3) is 0 Å². The highest BCUT2D eigenvalue weighted by atomic mass is 15.1. The molecule has 0 fully saturated rings. The first-order valence-electron chi connectivity index (χ1n) is 3.61. The second-order valence-electron chi connectivity index (χ2n) is 2.24. The molecule has 0 radical (unpaired) electrons. The molecule has 0 aliphatic heterocycles. The maximum absolute atomic E-state index is 7.97. The van der Waals surface area contributed by atoms with E-state index in [0.717, 1.165) is 5.69 Å². The normalized spacial score (nSPS) is 8.08. The van der Waals surface area contributed by atoms with Gasteiger partial charge in [-0.1, -0.05) is 11.0 Å². The third kappa shape index (κ3) is 3.23. The lowest BCUT2D eigenvalue weighted by molar-refractivity contribution is 1.10. The Kier molecular flexibility index (Phi) is 3.31. The molecule has 64 valence electrons. The summed E-state index contributed by atoms with van der Waals surface area (Å²) in [4.78, 5) is 10.6. The quantitative estimate of drug-likeness (QED) is 0.279. The monoisotopic (exact) mass is 173 g/mol. The van der Waals surface area contributed by atoms with E-state index in [1.54, 1.807) is 12.4 Å². The fraction of sp³-hybridized carbons (Fsp3) is 0.250. The standard InChI is InChI=1S/C8H7N5/c1-7-5-10-6-8(12-7)3-2-4-11-13-9/h5-6H,4H2,1H3. The van der Waals surface area contributed by atoms with E-state index in [0.29, 0.717) is 5.69 Å². The molecule has 1 rings (SSSR count). The van der Waals surface area contributed by atoms with Crippen LogP contribution in [-0.4, -0.2) is 16.5 Å². The molecule has 0 aliphatic rings. The van der Waals surface area contributed by atoms with Gasteiger partial charge in [0.2, 0.25) is 0 Å². The van der Waals surface area contributed by atoms with E-state index in [4.69, 9.17) is 5.53 Å². The second-order valence-corrected chi connectivity index (χ2v) is 2.24. The molecule has 1 aromatic heterocycles. The van der Waals surface area contributed by atoms with Crippen LogP contribution in [0.2, 0.25) is 0 Å². The van der Waals surface area contributed by atoms with Gasteiger partial charge < -0.3 is 0 Å². The van der Waals surface area contributed by atoms with Gasteiger partial charge in [0.1, 0.15) is 5.69 Å². The van der Waals surface area contributed by atoms with Crippen LogP contribution in [0.25, 0.3) is 10.4 Å². The van der Waals surface area contributed by atoms with Crippen molar-refractivity contribution in [3.05, 3.63) is 34.2 Å². The molecule has 0 N–H and O–H groups in total. The maximum atomic E-state index is 7.97. The highest BCUT2D eigenvalue weighted by Crippen LogP contribution is 1.91. The summed E-state index contributed by atoms with van der Waals surface area (Å²) >= 11 is 0. The van der Waals surface area contributed by atoms with Crippen LogP contribution in [0, 0.1) is 18.8 Å². The van der Waals surface area contributed by atoms with E-state index in [1.165, 1.54) is 0 Å². The highest BCUT2D eigenvalue weighted by molar-refractivity contribution is 5.25. The molecule has 1 aromatic rings. The van der Waals surface area contributed by atoms with Crippen LogP contribution < -0.4 is 0 Å². The van der Waals surface area contributed by atoms with Crippen LogP contribution in [0.15, 0.2) is 17.5 Å². The number of nitrogens with zero attached hydrogens (tertiary/aromatic N) is 5. The van der Waals surface area contributed by atoms with Crippen LogP contribution in [0.4, 0.5) is 0 Å². The topological polar surface area (TPSA) is 74.5 Å². The van der Waals surface area contributed by atoms with Crippen molar-refractivity contribution in [2.45, 2.75) is 6.92 Å². The number of aryl methyl sites for hydroxylation is 1. The van der Waals surface area contributed by atoms with Gasteiger partial charge in [-0.3, -0.25) is 4.98 Å². The Labute approximate surface area is 75.5 Å². The van der Waals surface area contributed by atoms with Crippen LogP contribution in [0.1, 0.15) is 11.4 Å². The fourth-order valence-electron chi connectivity index (χ4n) is 0.721. The maximum Gasteiger partial charge on any atom is 0.131 e. The molecule has 0 saturated carbocycles. The lowest BCUT2D eigenvalue weighted by Gasteiger charge is -1.89. The zero-order chi connectivity index (χ0) is 9.52. The average molecular weight is 173 g/mol. The molecule has 0 bridgehead atoms. The van der Waals surface area contributed by atoms with Crippen molar-refractivity contribution in [3.63, 3.8) is 0 Å². The van der Waals surface area contributed by atoms with E-state index in [2.05, 4.69) is 31.8 Å². The fourth-order valence-corrected chi connectivity index (χ4v) is 0.721. The van der Waals surface area contributed by atoms with Gasteiger partial charge in [0, 0.05) is 11.1 Å². The molecule has 5 heteroatoms. The van der Waals surface area contributed by atoms with Crippen molar-refractivity contribution in [2.24, 2.45) is 5.11 Å². The van der Waals surface area contributed by atoms with E-state index in [1.807, 2.05) is 6.92 Å². The zero-order valence-electron chi connectivity index (χ0n) is 7.10. The predicted octanol–water partition coefficient (Wildman–Crippen LogP) is 1.45. The Morgan fingerprint density at radius 3 is 3.15 bits per heavy atom. The van der Waals surface area contributed by atoms with Crippen LogP contribution in [-0.2, 0) is 0 Å². The van der Waals surface area contributed by atoms with Gasteiger partial charge in [-0.05, 0) is 18.4 Å². The molecule has 1 heterocycles. The van der Waals surface area contributed by atoms with Crippen LogP contribution in [0.3, 0.4) is 0 Å². The first kappa shape index (κ1) is 9.04. The van der Waals surface area contributed by atoms with E-state index in [-0.39, 0.29) is 6.54 Å². The molecule has 0 spiro atoms. The molecular weight excluding hydrogens is 166 g/mol. The minimum absolute atomic E-state index is 0.159. The van der Waals surface area contributed by atoms with Gasteiger partial charge >= 0.3 is 0 Å². The van der Waals surface area contributed by atoms with Gasteiger partial charge in [0.05, 0.1) is 18.4 Å². The summed E-state index contributed by atoms with van der Waals surface area (Å²) in [5.74, 6) is 5.39. The lowest BCUT2D eigenvalue weighted by atomic mass is 10.4. The van der Waals surface area contributed by atoms with Crippen LogP contribution >= 0.6 is 0 Å². The zero-order valence-corrected chi connectivity index (χ0v) is 7.10. The number of hydrogen-bond donors (Lipinski definition) is 0. The average Bonchev–Trinajstić information content (AvgIpc) is 2.13. The predicted molar refractivity (Wildman–Crippen MR) is 47.7 cm³/mol. The summed E-state index contributed by atoms with van der Waals surface area (Å²) in [6.45, 7) is 2.00.